The number of rotatable bonds is 8. The van der Waals surface area contributed by atoms with Crippen molar-refractivity contribution in [2.24, 2.45) is 5.41 Å². The summed E-state index contributed by atoms with van der Waals surface area (Å²) < 4.78 is 11.6. The van der Waals surface area contributed by atoms with E-state index in [1.807, 2.05) is 26.0 Å². The van der Waals surface area contributed by atoms with E-state index in [2.05, 4.69) is 10.2 Å². The van der Waals surface area contributed by atoms with E-state index in [0.29, 0.717) is 23.6 Å². The lowest BCUT2D eigenvalue weighted by Gasteiger charge is -2.36. The Morgan fingerprint density at radius 1 is 1.21 bits per heavy atom. The van der Waals surface area contributed by atoms with Gasteiger partial charge >= 0.3 is 0 Å². The van der Waals surface area contributed by atoms with Crippen molar-refractivity contribution in [3.8, 4) is 11.5 Å². The second-order valence-electron chi connectivity index (χ2n) is 9.16. The molecule has 162 valence electrons. The highest BCUT2D eigenvalue weighted by molar-refractivity contribution is 5.97. The molecule has 1 aromatic carbocycles. The molecule has 0 bridgehead atoms. The first-order valence-electron chi connectivity index (χ1n) is 10.9. The Labute approximate surface area is 174 Å². The summed E-state index contributed by atoms with van der Waals surface area (Å²) >= 11 is 0. The number of amides is 1. The highest BCUT2D eigenvalue weighted by atomic mass is 16.5. The van der Waals surface area contributed by atoms with Crippen LogP contribution in [0.1, 0.15) is 62.7 Å². The van der Waals surface area contributed by atoms with Gasteiger partial charge in [0.25, 0.3) is 5.91 Å². The van der Waals surface area contributed by atoms with Crippen LogP contribution in [-0.4, -0.2) is 61.4 Å². The molecule has 0 radical (unpaired) electrons. The summed E-state index contributed by atoms with van der Waals surface area (Å²) in [6.45, 7) is 6.35. The molecule has 2 aliphatic rings. The lowest BCUT2D eigenvalue weighted by molar-refractivity contribution is 0.0745. The third-order valence-electron chi connectivity index (χ3n) is 6.20. The summed E-state index contributed by atoms with van der Waals surface area (Å²) in [6, 6.07) is 6.14. The Balaban J connectivity index is 1.63. The van der Waals surface area contributed by atoms with E-state index in [4.69, 9.17) is 9.47 Å². The van der Waals surface area contributed by atoms with Gasteiger partial charge in [0.1, 0.15) is 17.6 Å². The molecule has 1 aliphatic heterocycles. The first-order valence-corrected chi connectivity index (χ1v) is 10.9. The fourth-order valence-electron chi connectivity index (χ4n) is 4.19. The van der Waals surface area contributed by atoms with E-state index in [1.54, 1.807) is 13.2 Å². The van der Waals surface area contributed by atoms with Gasteiger partial charge in [0.05, 0.1) is 12.7 Å². The van der Waals surface area contributed by atoms with Crippen molar-refractivity contribution < 1.29 is 19.4 Å². The number of hydrogen-bond donors (Lipinski definition) is 2. The molecule has 1 heterocycles. The van der Waals surface area contributed by atoms with Gasteiger partial charge in [0.2, 0.25) is 0 Å². The predicted octanol–water partition coefficient (Wildman–Crippen LogP) is 3.23. The summed E-state index contributed by atoms with van der Waals surface area (Å²) in [5.74, 6) is 1.02. The molecule has 1 saturated heterocycles. The zero-order chi connectivity index (χ0) is 20.9. The van der Waals surface area contributed by atoms with Crippen LogP contribution in [0, 0.1) is 5.41 Å². The van der Waals surface area contributed by atoms with Gasteiger partial charge in [-0.3, -0.25) is 4.79 Å². The first-order chi connectivity index (χ1) is 13.9. The maximum absolute atomic E-state index is 12.8. The maximum Gasteiger partial charge on any atom is 0.255 e. The average Bonchev–Trinajstić information content (AvgIpc) is 3.28. The van der Waals surface area contributed by atoms with Gasteiger partial charge in [-0.2, -0.15) is 0 Å². The molecular weight excluding hydrogens is 368 g/mol. The van der Waals surface area contributed by atoms with Crippen LogP contribution >= 0.6 is 0 Å². The monoisotopic (exact) mass is 404 g/mol. The Kier molecular flexibility index (Phi) is 7.41. The molecule has 2 N–H and O–H groups in total. The maximum atomic E-state index is 12.8. The van der Waals surface area contributed by atoms with Gasteiger partial charge in [-0.15, -0.1) is 0 Å². The quantitative estimate of drug-likeness (QED) is 0.696. The summed E-state index contributed by atoms with van der Waals surface area (Å²) in [4.78, 5) is 15.4. The van der Waals surface area contributed by atoms with E-state index in [0.717, 1.165) is 32.0 Å². The number of nitrogens with zero attached hydrogens (tertiary/aromatic N) is 1. The molecule has 0 atom stereocenters. The normalized spacial score (nSPS) is 19.3. The van der Waals surface area contributed by atoms with Gasteiger partial charge in [-0.05, 0) is 43.9 Å². The molecular formula is C23H36N2O4. The number of methoxy groups -OCH3 is 1. The van der Waals surface area contributed by atoms with Crippen molar-refractivity contribution in [2.75, 3.05) is 33.4 Å². The topological polar surface area (TPSA) is 71.0 Å². The van der Waals surface area contributed by atoms with Crippen LogP contribution < -0.4 is 14.8 Å². The van der Waals surface area contributed by atoms with Gasteiger partial charge in [-0.25, -0.2) is 0 Å². The number of benzene rings is 1. The number of aliphatic hydroxyl groups excluding tert-OH is 1. The van der Waals surface area contributed by atoms with Gasteiger partial charge in [-0.1, -0.05) is 26.7 Å². The van der Waals surface area contributed by atoms with Crippen LogP contribution in [0.2, 0.25) is 0 Å². The Hall–Kier alpha value is -1.79. The Morgan fingerprint density at radius 3 is 2.52 bits per heavy atom. The second-order valence-corrected chi connectivity index (χ2v) is 9.16. The third-order valence-corrected chi connectivity index (χ3v) is 6.20. The molecule has 2 fully saturated rings. The number of hydrogen-bond acceptors (Lipinski definition) is 5. The molecule has 6 nitrogen and oxygen atoms in total. The number of carbonyl (C=O) groups is 1. The minimum atomic E-state index is -0.372. The van der Waals surface area contributed by atoms with Crippen molar-refractivity contribution in [1.82, 2.24) is 10.2 Å². The van der Waals surface area contributed by atoms with Crippen molar-refractivity contribution >= 4 is 5.91 Å². The van der Waals surface area contributed by atoms with E-state index < -0.39 is 0 Å². The number of likely N-dealkylation sites (tertiary alicyclic amines) is 1. The number of piperidine rings is 1. The summed E-state index contributed by atoms with van der Waals surface area (Å²) in [5.41, 5.74) is 0.110. The standard InChI is InChI=1S/C23H36N2O4/c1-23(2,16-26)15-24-22(27)20-14-19(28-3)8-9-21(20)29-18-10-12-25(13-11-18)17-6-4-5-7-17/h8-9,14,17-18,26H,4-7,10-13,15-16H2,1-3H3,(H,24,27). The molecule has 1 aliphatic carbocycles. The Morgan fingerprint density at radius 2 is 1.90 bits per heavy atom. The molecule has 1 aromatic rings. The minimum absolute atomic E-state index is 0.00825. The Bertz CT molecular complexity index is 677. The van der Waals surface area contributed by atoms with Gasteiger partial charge in [0.15, 0.2) is 0 Å². The molecule has 3 rings (SSSR count). The minimum Gasteiger partial charge on any atom is -0.497 e. The van der Waals surface area contributed by atoms with Crippen LogP contribution in [0.4, 0.5) is 0 Å². The van der Waals surface area contributed by atoms with Gasteiger partial charge in [0, 0.05) is 37.7 Å². The fourth-order valence-corrected chi connectivity index (χ4v) is 4.19. The largest absolute Gasteiger partial charge is 0.497 e. The molecule has 29 heavy (non-hydrogen) atoms. The van der Waals surface area contributed by atoms with E-state index in [9.17, 15) is 9.90 Å². The van der Waals surface area contributed by atoms with Crippen molar-refractivity contribution in [3.63, 3.8) is 0 Å². The molecule has 0 spiro atoms. The smallest absolute Gasteiger partial charge is 0.255 e. The van der Waals surface area contributed by atoms with E-state index in [1.165, 1.54) is 25.7 Å². The highest BCUT2D eigenvalue weighted by Gasteiger charge is 2.29. The van der Waals surface area contributed by atoms with Crippen molar-refractivity contribution in [2.45, 2.75) is 64.5 Å². The fraction of sp³-hybridized carbons (Fsp3) is 0.696. The van der Waals surface area contributed by atoms with Crippen LogP contribution in [0.3, 0.4) is 0 Å². The van der Waals surface area contributed by atoms with Gasteiger partial charge < -0.3 is 24.8 Å². The molecule has 1 saturated carbocycles. The first kappa shape index (κ1) is 21.9. The second kappa shape index (κ2) is 9.81. The number of ether oxygens (including phenoxy) is 2. The van der Waals surface area contributed by atoms with Crippen LogP contribution in [0.5, 0.6) is 11.5 Å². The highest BCUT2D eigenvalue weighted by Crippen LogP contribution is 2.30. The SMILES string of the molecule is COc1ccc(OC2CCN(C3CCCC3)CC2)c(C(=O)NCC(C)(C)CO)c1. The zero-order valence-corrected chi connectivity index (χ0v) is 18.1. The lowest BCUT2D eigenvalue weighted by atomic mass is 9.95. The van der Waals surface area contributed by atoms with Crippen molar-refractivity contribution in [3.05, 3.63) is 23.8 Å². The number of carbonyl (C=O) groups excluding carboxylic acids is 1. The molecule has 0 unspecified atom stereocenters. The zero-order valence-electron chi connectivity index (χ0n) is 18.1. The van der Waals surface area contributed by atoms with E-state index in [-0.39, 0.29) is 24.0 Å². The summed E-state index contributed by atoms with van der Waals surface area (Å²) in [6.07, 6.45) is 7.48. The van der Waals surface area contributed by atoms with Crippen LogP contribution in [0.25, 0.3) is 0 Å². The summed E-state index contributed by atoms with van der Waals surface area (Å²) in [5, 5.41) is 12.4. The molecule has 0 aromatic heterocycles. The lowest BCUT2D eigenvalue weighted by Crippen LogP contribution is -2.43. The molecule has 6 heteroatoms. The molecule has 1 amide bonds. The van der Waals surface area contributed by atoms with Crippen molar-refractivity contribution in [1.29, 1.82) is 0 Å². The van der Waals surface area contributed by atoms with Crippen LogP contribution in [-0.2, 0) is 0 Å². The van der Waals surface area contributed by atoms with Crippen LogP contribution in [0.15, 0.2) is 18.2 Å². The third kappa shape index (κ3) is 5.86. The number of aliphatic hydroxyl groups is 1. The number of nitrogens with one attached hydrogen (secondary N) is 1. The summed E-state index contributed by atoms with van der Waals surface area (Å²) in [7, 11) is 1.59. The average molecular weight is 405 g/mol. The van der Waals surface area contributed by atoms with E-state index >= 15 is 0 Å². The predicted molar refractivity (Wildman–Crippen MR) is 114 cm³/mol.